The Bertz CT molecular complexity index is 1130. The summed E-state index contributed by atoms with van der Waals surface area (Å²) in [5.74, 6) is -1.09. The fourth-order valence-corrected chi connectivity index (χ4v) is 17.3. The molecule has 36 heavy (non-hydrogen) atoms. The van der Waals surface area contributed by atoms with Crippen LogP contribution in [-0.2, 0) is 37.4 Å². The number of esters is 1. The summed E-state index contributed by atoms with van der Waals surface area (Å²) < 4.78 is 9.86. The first-order valence-corrected chi connectivity index (χ1v) is 22.8. The molecule has 1 fully saturated rings. The number of amides is 1. The number of allylic oxidation sites excluding steroid dienone is 1. The van der Waals surface area contributed by atoms with Crippen molar-refractivity contribution in [2.24, 2.45) is 5.92 Å². The van der Waals surface area contributed by atoms with Crippen LogP contribution in [0.25, 0.3) is 0 Å². The van der Waals surface area contributed by atoms with Gasteiger partial charge in [-0.15, -0.1) is 0 Å². The van der Waals surface area contributed by atoms with E-state index < -0.39 is 45.3 Å². The number of β-lactam (4-membered cyclic amide) rings is 1. The summed E-state index contributed by atoms with van der Waals surface area (Å²) in [6, 6.07) is 16.9. The van der Waals surface area contributed by atoms with Gasteiger partial charge in [0.15, 0.2) is 0 Å². The molecule has 6 nitrogen and oxygen atoms in total. The van der Waals surface area contributed by atoms with Gasteiger partial charge in [0.2, 0.25) is 0 Å². The van der Waals surface area contributed by atoms with Gasteiger partial charge in [-0.3, -0.25) is 0 Å². The van der Waals surface area contributed by atoms with Crippen LogP contribution in [-0.4, -0.2) is 45.4 Å². The number of hydrogen-bond donors (Lipinski definition) is 0. The van der Waals surface area contributed by atoms with Gasteiger partial charge < -0.3 is 0 Å². The molecule has 188 valence electrons. The number of alkyl halides is 3. The van der Waals surface area contributed by atoms with Crippen molar-refractivity contribution in [3.8, 4) is 5.75 Å². The van der Waals surface area contributed by atoms with Crippen LogP contribution >= 0.6 is 43.0 Å². The molecule has 1 aliphatic heterocycles. The van der Waals surface area contributed by atoms with Crippen molar-refractivity contribution >= 4 is 63.8 Å². The summed E-state index contributed by atoms with van der Waals surface area (Å²) >= 11 is 15.5. The average molecular weight is 757 g/mol. The molecule has 2 aromatic carbocycles. The van der Waals surface area contributed by atoms with Crippen molar-refractivity contribution < 1.29 is 46.9 Å². The normalized spacial score (nSPS) is 17.1. The molecule has 1 heterocycles. The van der Waals surface area contributed by atoms with Gasteiger partial charge in [0, 0.05) is 0 Å². The van der Waals surface area contributed by atoms with E-state index >= 15 is 0 Å². The van der Waals surface area contributed by atoms with Crippen LogP contribution in [0, 0.1) is 5.92 Å². The summed E-state index contributed by atoms with van der Waals surface area (Å²) in [5.41, 5.74) is 1.23. The second kappa shape index (κ2) is 13.0. The van der Waals surface area contributed by atoms with E-state index in [1.165, 1.54) is 7.97 Å². The number of rotatable bonds is 10. The molecule has 2 aromatic rings. The average Bonchev–Trinajstić information content (AvgIpc) is 2.85. The van der Waals surface area contributed by atoms with E-state index in [1.54, 1.807) is 53.5 Å². The zero-order valence-electron chi connectivity index (χ0n) is 20.0. The molecule has 0 saturated carbocycles. The van der Waals surface area contributed by atoms with Crippen LogP contribution in [0.5, 0.6) is 5.75 Å². The van der Waals surface area contributed by atoms with Gasteiger partial charge in [0.1, 0.15) is 0 Å². The van der Waals surface area contributed by atoms with Gasteiger partial charge in [-0.05, 0) is 0 Å². The Morgan fingerprint density at radius 3 is 2.25 bits per heavy atom. The third-order valence-electron chi connectivity index (χ3n) is 5.51. The van der Waals surface area contributed by atoms with E-state index in [2.05, 4.69) is 12.1 Å². The Morgan fingerprint density at radius 1 is 1.06 bits per heavy atom. The summed E-state index contributed by atoms with van der Waals surface area (Å²) in [7, 11) is 3.26. The molecule has 0 aliphatic carbocycles. The summed E-state index contributed by atoms with van der Waals surface area (Å²) in [5, 5.41) is -0.355. The van der Waals surface area contributed by atoms with Crippen LogP contribution in [0.2, 0.25) is 0 Å². The third-order valence-corrected chi connectivity index (χ3v) is 18.9. The number of halogens is 3. The molecule has 3 rings (SSSR count). The number of carbonyl (C=O) groups is 3. The molecule has 11 heteroatoms. The summed E-state index contributed by atoms with van der Waals surface area (Å²) in [4.78, 5) is 40.7. The van der Waals surface area contributed by atoms with Crippen LogP contribution in [0.15, 0.2) is 65.9 Å². The number of hydrogen-bond acceptors (Lipinski definition) is 6. The number of benzene rings is 2. The quantitative estimate of drug-likeness (QED) is 0.0818. The van der Waals surface area contributed by atoms with Crippen molar-refractivity contribution in [2.45, 2.75) is 29.4 Å². The number of carbonyl (C=O) groups excluding carboxylic acids is 3. The monoisotopic (exact) mass is 757 g/mol. The molecular formula is C25H24Cl3HgNO5S. The SMILES string of the molecule is COc1ccc(C(=O)C[C@@H]2C(=O)N(C(C(=O)OCC(Cl)(Cl)Cl)=C(C)C)[C@@H]2[S][Hg][c]2ccccc2)cc1. The number of ketones is 1. The molecule has 1 aliphatic rings. The van der Waals surface area contributed by atoms with Crippen molar-refractivity contribution in [3.05, 3.63) is 71.4 Å². The minimum atomic E-state index is -1.77. The molecule has 0 spiro atoms. The van der Waals surface area contributed by atoms with Crippen LogP contribution in [0.1, 0.15) is 30.6 Å². The van der Waals surface area contributed by atoms with E-state index in [4.69, 9.17) is 44.3 Å². The Kier molecular flexibility index (Phi) is 10.6. The minimum absolute atomic E-state index is 0.0429. The topological polar surface area (TPSA) is 72.9 Å². The first kappa shape index (κ1) is 29.3. The first-order chi connectivity index (χ1) is 17.0. The number of methoxy groups -OCH3 is 1. The van der Waals surface area contributed by atoms with Gasteiger partial charge in [0.05, 0.1) is 0 Å². The summed E-state index contributed by atoms with van der Waals surface area (Å²) in [6.07, 6.45) is 0.0429. The van der Waals surface area contributed by atoms with Crippen molar-refractivity contribution in [2.75, 3.05) is 13.7 Å². The molecule has 0 aromatic heterocycles. The third kappa shape index (κ3) is 7.63. The number of ether oxygens (including phenoxy) is 2. The van der Waals surface area contributed by atoms with E-state index in [0.29, 0.717) is 16.9 Å². The Labute approximate surface area is 240 Å². The Balaban J connectivity index is 1.83. The Hall–Kier alpha value is -1.25. The zero-order chi connectivity index (χ0) is 26.5. The fourth-order valence-electron chi connectivity index (χ4n) is 3.75. The van der Waals surface area contributed by atoms with E-state index in [9.17, 15) is 14.4 Å². The molecule has 1 amide bonds. The molecular weight excluding hydrogens is 733 g/mol. The molecule has 0 radical (unpaired) electrons. The van der Waals surface area contributed by atoms with Gasteiger partial charge in [-0.25, -0.2) is 0 Å². The maximum atomic E-state index is 13.3. The maximum absolute atomic E-state index is 13.3. The second-order valence-electron chi connectivity index (χ2n) is 8.40. The second-order valence-corrected chi connectivity index (χ2v) is 22.4. The Morgan fingerprint density at radius 2 is 1.69 bits per heavy atom. The molecule has 2 atom stereocenters. The molecule has 1 saturated heterocycles. The number of nitrogens with zero attached hydrogens (tertiary/aromatic N) is 1. The van der Waals surface area contributed by atoms with Crippen LogP contribution < -0.4 is 7.81 Å². The molecule has 0 unspecified atom stereocenters. The van der Waals surface area contributed by atoms with Gasteiger partial charge >= 0.3 is 242 Å². The van der Waals surface area contributed by atoms with E-state index in [1.807, 2.05) is 18.2 Å². The number of Topliss-reactive ketones (excluding diaryl/α,β-unsaturated/α-hetero) is 1. The molecule has 0 N–H and O–H groups in total. The van der Waals surface area contributed by atoms with Gasteiger partial charge in [0.25, 0.3) is 0 Å². The van der Waals surface area contributed by atoms with Crippen LogP contribution in [0.3, 0.4) is 0 Å². The fraction of sp³-hybridized carbons (Fsp3) is 0.320. The van der Waals surface area contributed by atoms with E-state index in [0.717, 1.165) is 0 Å². The number of likely N-dealkylation sites (tertiary alicyclic amines) is 1. The predicted molar refractivity (Wildman–Crippen MR) is 139 cm³/mol. The predicted octanol–water partition coefficient (Wildman–Crippen LogP) is 5.32. The summed E-state index contributed by atoms with van der Waals surface area (Å²) in [6.45, 7) is 2.99. The zero-order valence-corrected chi connectivity index (χ0v) is 28.6. The first-order valence-electron chi connectivity index (χ1n) is 11.1. The van der Waals surface area contributed by atoms with Crippen molar-refractivity contribution in [1.29, 1.82) is 0 Å². The van der Waals surface area contributed by atoms with E-state index in [-0.39, 0.29) is 29.2 Å². The standard InChI is InChI=1S/C19H20Cl3NO5S.C6H5.Hg/c1-10(2)15(18(26)28-9-19(20,21)22)23-16(25)13(17(23)29)8-14(24)11-4-6-12(27-3)7-5-11;1-2-4-6-5-3-1;/h4-7,13,17,29H,8-9H2,1-3H3;1-5H;/q;;+1/p-1/t13-,17-;;/m1../s1. The van der Waals surface area contributed by atoms with Gasteiger partial charge in [-0.1, -0.05) is 0 Å². The van der Waals surface area contributed by atoms with Crippen LogP contribution in [0.4, 0.5) is 0 Å². The van der Waals surface area contributed by atoms with Crippen molar-refractivity contribution in [1.82, 2.24) is 4.90 Å². The molecule has 0 bridgehead atoms. The van der Waals surface area contributed by atoms with Gasteiger partial charge in [-0.2, -0.15) is 0 Å². The van der Waals surface area contributed by atoms with Crippen molar-refractivity contribution in [3.63, 3.8) is 0 Å².